The van der Waals surface area contributed by atoms with Gasteiger partial charge in [0.1, 0.15) is 11.9 Å². The number of fused-ring (bicyclic) bond motifs is 8. The molecule has 130 valence electrons. The third-order valence-corrected chi connectivity index (χ3v) is 5.94. The quantitative estimate of drug-likeness (QED) is 0.440. The maximum absolute atomic E-state index is 10.6. The molecule has 2 aromatic carbocycles. The number of aromatic nitrogens is 2. The summed E-state index contributed by atoms with van der Waals surface area (Å²) in [5.74, 6) is 0.726. The van der Waals surface area contributed by atoms with Crippen molar-refractivity contribution in [3.05, 3.63) is 77.5 Å². The second kappa shape index (κ2) is 5.25. The van der Waals surface area contributed by atoms with Gasteiger partial charge in [-0.05, 0) is 29.7 Å². The van der Waals surface area contributed by atoms with E-state index in [1.165, 1.54) is 0 Å². The molecule has 4 heterocycles. The Balaban J connectivity index is 1.76. The summed E-state index contributed by atoms with van der Waals surface area (Å²) in [4.78, 5) is 0. The van der Waals surface area contributed by atoms with Gasteiger partial charge in [-0.3, -0.25) is 0 Å². The van der Waals surface area contributed by atoms with E-state index >= 15 is 0 Å². The topological polar surface area (TPSA) is 47.0 Å². The summed E-state index contributed by atoms with van der Waals surface area (Å²) >= 11 is 3.53. The predicted molar refractivity (Wildman–Crippen MR) is 107 cm³/mol. The van der Waals surface area contributed by atoms with Gasteiger partial charge in [0, 0.05) is 10.5 Å². The van der Waals surface area contributed by atoms with Crippen LogP contribution in [0.25, 0.3) is 16.9 Å². The van der Waals surface area contributed by atoms with Gasteiger partial charge in [-0.1, -0.05) is 51.7 Å². The minimum Gasteiger partial charge on any atom is -0.652 e. The van der Waals surface area contributed by atoms with Crippen molar-refractivity contribution >= 4 is 46.3 Å². The van der Waals surface area contributed by atoms with Crippen LogP contribution in [0.4, 0.5) is 0 Å². The zero-order chi connectivity index (χ0) is 18.2. The fourth-order valence-electron chi connectivity index (χ4n) is 4.34. The van der Waals surface area contributed by atoms with E-state index in [0.717, 1.165) is 38.1 Å². The van der Waals surface area contributed by atoms with Crippen LogP contribution in [-0.2, 0) is 4.57 Å². The molecular formula is C19H13B2BrN2O3. The fraction of sp³-hybridized carbons (Fsp3) is 0. The van der Waals surface area contributed by atoms with Gasteiger partial charge < -0.3 is 18.7 Å². The minimum absolute atomic E-state index is 0.726. The average molecular weight is 419 g/mol. The van der Waals surface area contributed by atoms with E-state index in [4.69, 9.17) is 9.23 Å². The second-order valence-corrected chi connectivity index (χ2v) is 7.81. The molecule has 2 aromatic heterocycles. The van der Waals surface area contributed by atoms with Crippen LogP contribution in [0.2, 0.25) is 0 Å². The summed E-state index contributed by atoms with van der Waals surface area (Å²) < 4.78 is 17.8. The minimum atomic E-state index is -2.13. The SMILES string of the molecule is OB1O[B@@-]2(Oc3cc(Br)ccc3-c3cn4ccccc4[n+]32)c2ccccc21. The molecular weight excluding hydrogens is 406 g/mol. The Morgan fingerprint density at radius 1 is 1.07 bits per heavy atom. The third kappa shape index (κ3) is 1.95. The highest BCUT2D eigenvalue weighted by Gasteiger charge is 2.55. The molecule has 4 aromatic rings. The predicted octanol–water partition coefficient (Wildman–Crippen LogP) is 1.46. The molecule has 1 spiro atoms. The summed E-state index contributed by atoms with van der Waals surface area (Å²) in [7, 11) is -1.03. The summed E-state index contributed by atoms with van der Waals surface area (Å²) in [6.45, 7) is -2.13. The highest BCUT2D eigenvalue weighted by atomic mass is 79.9. The van der Waals surface area contributed by atoms with Gasteiger partial charge in [0.15, 0.2) is 0 Å². The van der Waals surface area contributed by atoms with Crippen LogP contribution in [0.15, 0.2) is 77.5 Å². The van der Waals surface area contributed by atoms with Crippen molar-refractivity contribution in [2.75, 3.05) is 0 Å². The van der Waals surface area contributed by atoms with Crippen molar-refractivity contribution in [1.29, 1.82) is 0 Å². The smallest absolute Gasteiger partial charge is 0.524 e. The zero-order valence-electron chi connectivity index (χ0n) is 14.1. The number of hydrogen-bond acceptors (Lipinski definition) is 3. The molecule has 5 nitrogen and oxygen atoms in total. The second-order valence-electron chi connectivity index (χ2n) is 6.90. The molecule has 0 amide bonds. The lowest BCUT2D eigenvalue weighted by Crippen LogP contribution is -2.78. The fourth-order valence-corrected chi connectivity index (χ4v) is 4.68. The zero-order valence-corrected chi connectivity index (χ0v) is 15.7. The number of hydrogen-bond donors (Lipinski definition) is 1. The van der Waals surface area contributed by atoms with E-state index in [1.807, 2.05) is 66.9 Å². The van der Waals surface area contributed by atoms with Crippen molar-refractivity contribution in [3.8, 4) is 17.0 Å². The molecule has 1 N–H and O–H groups in total. The molecule has 0 radical (unpaired) electrons. The maximum atomic E-state index is 10.6. The first-order valence-electron chi connectivity index (χ1n) is 8.77. The number of imidazole rings is 1. The number of rotatable bonds is 0. The summed E-state index contributed by atoms with van der Waals surface area (Å²) in [5.41, 5.74) is 4.50. The van der Waals surface area contributed by atoms with Crippen molar-refractivity contribution in [2.24, 2.45) is 0 Å². The molecule has 27 heavy (non-hydrogen) atoms. The van der Waals surface area contributed by atoms with Crippen LogP contribution in [0.5, 0.6) is 5.75 Å². The Morgan fingerprint density at radius 3 is 2.85 bits per heavy atom. The van der Waals surface area contributed by atoms with E-state index in [2.05, 4.69) is 31.0 Å². The third-order valence-electron chi connectivity index (χ3n) is 5.45. The lowest BCUT2D eigenvalue weighted by Gasteiger charge is -2.41. The molecule has 0 bridgehead atoms. The van der Waals surface area contributed by atoms with Crippen molar-refractivity contribution in [3.63, 3.8) is 0 Å². The molecule has 0 saturated carbocycles. The average Bonchev–Trinajstić information content (AvgIpc) is 3.19. The molecule has 0 fully saturated rings. The van der Waals surface area contributed by atoms with Gasteiger partial charge in [-0.2, -0.15) is 0 Å². The first-order valence-corrected chi connectivity index (χ1v) is 9.57. The van der Waals surface area contributed by atoms with Crippen LogP contribution in [0, 0.1) is 0 Å². The molecule has 8 heteroatoms. The highest BCUT2D eigenvalue weighted by molar-refractivity contribution is 9.10. The molecule has 0 aliphatic carbocycles. The standard InChI is InChI=1S/C19H13B2BrN2O3/c22-13-8-9-14-17-12-23-10-4-3-7-19(23)24(17)21(26-18(14)11-13)16-6-2-1-5-15(16)20(25)27-21/h1-12,25H/t21-/m0/s1. The molecule has 2 aliphatic rings. The molecule has 0 unspecified atom stereocenters. The van der Waals surface area contributed by atoms with Crippen LogP contribution < -0.4 is 20.1 Å². The Morgan fingerprint density at radius 2 is 1.93 bits per heavy atom. The Kier molecular flexibility index (Phi) is 3.02. The Labute approximate surface area is 164 Å². The number of pyridine rings is 1. The van der Waals surface area contributed by atoms with Gasteiger partial charge in [-0.15, -0.1) is 0 Å². The van der Waals surface area contributed by atoms with E-state index in [1.54, 1.807) is 0 Å². The summed E-state index contributed by atoms with van der Waals surface area (Å²) in [6, 6.07) is 19.7. The Hall–Kier alpha value is -2.54. The molecule has 6 rings (SSSR count). The van der Waals surface area contributed by atoms with Crippen molar-refractivity contribution < 1.29 is 18.7 Å². The normalized spacial score (nSPS) is 19.7. The van der Waals surface area contributed by atoms with Gasteiger partial charge in [0.25, 0.3) is 0 Å². The largest absolute Gasteiger partial charge is 0.652 e. The Bertz CT molecular complexity index is 1240. The van der Waals surface area contributed by atoms with Crippen LogP contribution >= 0.6 is 15.9 Å². The van der Waals surface area contributed by atoms with E-state index < -0.39 is 13.8 Å². The first-order chi connectivity index (χ1) is 13.2. The summed E-state index contributed by atoms with van der Waals surface area (Å²) in [6.07, 6.45) is 4.07. The number of nitrogens with zero attached hydrogens (tertiary/aromatic N) is 2. The van der Waals surface area contributed by atoms with Crippen LogP contribution in [0.3, 0.4) is 0 Å². The lowest BCUT2D eigenvalue weighted by molar-refractivity contribution is -0.529. The molecule has 2 aliphatic heterocycles. The number of halogens is 1. The van der Waals surface area contributed by atoms with Crippen LogP contribution in [0.1, 0.15) is 0 Å². The van der Waals surface area contributed by atoms with Crippen molar-refractivity contribution in [1.82, 2.24) is 4.40 Å². The monoisotopic (exact) mass is 418 g/mol. The lowest BCUT2D eigenvalue weighted by atomic mass is 9.61. The van der Waals surface area contributed by atoms with E-state index in [9.17, 15) is 5.02 Å². The van der Waals surface area contributed by atoms with Crippen LogP contribution in [-0.4, -0.2) is 23.2 Å². The number of benzene rings is 2. The van der Waals surface area contributed by atoms with Gasteiger partial charge in [0.05, 0.1) is 17.5 Å². The van der Waals surface area contributed by atoms with Gasteiger partial charge in [0.2, 0.25) is 5.65 Å². The first kappa shape index (κ1) is 15.5. The van der Waals surface area contributed by atoms with E-state index in [0.29, 0.717) is 0 Å². The van der Waals surface area contributed by atoms with Gasteiger partial charge >= 0.3 is 13.8 Å². The molecule has 1 atom stereocenters. The summed E-state index contributed by atoms with van der Waals surface area (Å²) in [5, 5.41) is 10.6. The molecule has 0 saturated heterocycles. The van der Waals surface area contributed by atoms with Crippen molar-refractivity contribution in [2.45, 2.75) is 0 Å². The van der Waals surface area contributed by atoms with Gasteiger partial charge in [-0.25, -0.2) is 4.40 Å². The van der Waals surface area contributed by atoms with E-state index in [-0.39, 0.29) is 0 Å². The maximum Gasteiger partial charge on any atom is 0.524 e. The highest BCUT2D eigenvalue weighted by Crippen LogP contribution is 2.37.